The lowest BCUT2D eigenvalue weighted by Gasteiger charge is -2.32. The van der Waals surface area contributed by atoms with Crippen molar-refractivity contribution in [3.05, 3.63) is 0 Å². The Hall–Kier alpha value is 0.310. The Balaban J connectivity index is 2.29. The first kappa shape index (κ1) is 12.4. The lowest BCUT2D eigenvalue weighted by atomic mass is 9.87. The second kappa shape index (κ2) is 5.41. The van der Waals surface area contributed by atoms with Crippen molar-refractivity contribution in [2.75, 3.05) is 12.4 Å². The largest absolute Gasteiger partial charge is 0.377 e. The van der Waals surface area contributed by atoms with Crippen LogP contribution < -0.4 is 0 Å². The van der Waals surface area contributed by atoms with E-state index in [1.165, 1.54) is 25.7 Å². The van der Waals surface area contributed by atoms with Crippen molar-refractivity contribution in [1.82, 2.24) is 0 Å². The second-order valence-electron chi connectivity index (χ2n) is 5.43. The Kier molecular flexibility index (Phi) is 4.78. The van der Waals surface area contributed by atoms with Gasteiger partial charge in [-0.3, -0.25) is 0 Å². The van der Waals surface area contributed by atoms with Crippen LogP contribution in [0.15, 0.2) is 0 Å². The summed E-state index contributed by atoms with van der Waals surface area (Å²) in [6.07, 6.45) is 5.83. The quantitative estimate of drug-likeness (QED) is 0.707. The van der Waals surface area contributed by atoms with Crippen molar-refractivity contribution in [1.29, 1.82) is 0 Å². The van der Waals surface area contributed by atoms with E-state index in [1.807, 2.05) is 0 Å². The third-order valence-electron chi connectivity index (χ3n) is 3.15. The summed E-state index contributed by atoms with van der Waals surface area (Å²) < 4.78 is 6.00. The number of ether oxygens (including phenoxy) is 1. The van der Waals surface area contributed by atoms with Gasteiger partial charge in [0.25, 0.3) is 0 Å². The summed E-state index contributed by atoms with van der Waals surface area (Å²) in [5.41, 5.74) is 0.222. The molecule has 0 spiro atoms. The van der Waals surface area contributed by atoms with Crippen molar-refractivity contribution < 1.29 is 4.74 Å². The van der Waals surface area contributed by atoms with E-state index >= 15 is 0 Å². The molecular formula is C12H24OS. The van der Waals surface area contributed by atoms with E-state index in [2.05, 4.69) is 33.4 Å². The molecule has 1 rings (SSSR count). The number of hydrogen-bond donors (Lipinski definition) is 1. The van der Waals surface area contributed by atoms with Crippen molar-refractivity contribution in [2.24, 2.45) is 11.3 Å². The molecule has 0 N–H and O–H groups in total. The van der Waals surface area contributed by atoms with Gasteiger partial charge in [-0.1, -0.05) is 33.6 Å². The van der Waals surface area contributed by atoms with Crippen LogP contribution in [0, 0.1) is 11.3 Å². The normalized spacial score (nSPS) is 29.1. The molecule has 1 nitrogen and oxygen atoms in total. The first-order chi connectivity index (χ1) is 6.55. The minimum Gasteiger partial charge on any atom is -0.377 e. The Morgan fingerprint density at radius 2 is 1.93 bits per heavy atom. The van der Waals surface area contributed by atoms with Gasteiger partial charge in [-0.05, 0) is 29.9 Å². The summed E-state index contributed by atoms with van der Waals surface area (Å²) in [5, 5.41) is 0. The van der Waals surface area contributed by atoms with Crippen LogP contribution in [0.25, 0.3) is 0 Å². The monoisotopic (exact) mass is 216 g/mol. The second-order valence-corrected chi connectivity index (χ2v) is 5.75. The van der Waals surface area contributed by atoms with Gasteiger partial charge in [0, 0.05) is 0 Å². The van der Waals surface area contributed by atoms with E-state index in [4.69, 9.17) is 4.74 Å². The molecule has 0 aromatic rings. The average molecular weight is 216 g/mol. The molecule has 2 unspecified atom stereocenters. The molecule has 1 aliphatic carbocycles. The van der Waals surface area contributed by atoms with Crippen LogP contribution in [0.2, 0.25) is 0 Å². The van der Waals surface area contributed by atoms with E-state index in [9.17, 15) is 0 Å². The maximum Gasteiger partial charge on any atom is 0.0600 e. The van der Waals surface area contributed by atoms with Crippen LogP contribution in [0.3, 0.4) is 0 Å². The van der Waals surface area contributed by atoms with Gasteiger partial charge in [-0.15, -0.1) is 0 Å². The Morgan fingerprint density at radius 3 is 2.50 bits per heavy atom. The maximum absolute atomic E-state index is 6.00. The molecule has 2 heteroatoms. The fourth-order valence-corrected chi connectivity index (χ4v) is 2.00. The SMILES string of the molecule is CC1CCCCC1OCC(C)(C)CS. The Labute approximate surface area is 94.0 Å². The smallest absolute Gasteiger partial charge is 0.0600 e. The highest BCUT2D eigenvalue weighted by atomic mass is 32.1. The van der Waals surface area contributed by atoms with Crippen LogP contribution in [-0.2, 0) is 4.74 Å². The minimum absolute atomic E-state index is 0.222. The molecule has 0 aromatic carbocycles. The van der Waals surface area contributed by atoms with Crippen molar-refractivity contribution in [3.63, 3.8) is 0 Å². The van der Waals surface area contributed by atoms with Crippen LogP contribution in [-0.4, -0.2) is 18.5 Å². The molecule has 2 atom stereocenters. The third kappa shape index (κ3) is 3.82. The summed E-state index contributed by atoms with van der Waals surface area (Å²) >= 11 is 4.34. The molecule has 1 fully saturated rings. The van der Waals surface area contributed by atoms with Gasteiger partial charge in [0.2, 0.25) is 0 Å². The molecule has 0 bridgehead atoms. The predicted octanol–water partition coefficient (Wildman–Crippen LogP) is 3.54. The first-order valence-electron chi connectivity index (χ1n) is 5.77. The maximum atomic E-state index is 6.00. The molecule has 1 saturated carbocycles. The third-order valence-corrected chi connectivity index (χ3v) is 4.01. The fourth-order valence-electron chi connectivity index (χ4n) is 1.91. The average Bonchev–Trinajstić information content (AvgIpc) is 2.17. The molecule has 84 valence electrons. The number of rotatable bonds is 4. The minimum atomic E-state index is 0.222. The van der Waals surface area contributed by atoms with Crippen LogP contribution >= 0.6 is 12.6 Å². The standard InChI is InChI=1S/C12H24OS/c1-10-6-4-5-7-11(10)13-8-12(2,3)9-14/h10-11,14H,4-9H2,1-3H3. The van der Waals surface area contributed by atoms with E-state index in [1.54, 1.807) is 0 Å². The lowest BCUT2D eigenvalue weighted by Crippen LogP contribution is -2.31. The van der Waals surface area contributed by atoms with Crippen molar-refractivity contribution >= 4 is 12.6 Å². The fraction of sp³-hybridized carbons (Fsp3) is 1.00. The van der Waals surface area contributed by atoms with E-state index in [-0.39, 0.29) is 5.41 Å². The van der Waals surface area contributed by atoms with Gasteiger partial charge < -0.3 is 4.74 Å². The van der Waals surface area contributed by atoms with Crippen LogP contribution in [0.4, 0.5) is 0 Å². The molecule has 0 amide bonds. The molecule has 0 aromatic heterocycles. The topological polar surface area (TPSA) is 9.23 Å². The van der Waals surface area contributed by atoms with Gasteiger partial charge in [0.05, 0.1) is 12.7 Å². The predicted molar refractivity (Wildman–Crippen MR) is 65.0 cm³/mol. The molecule has 0 saturated heterocycles. The summed E-state index contributed by atoms with van der Waals surface area (Å²) in [7, 11) is 0. The highest BCUT2D eigenvalue weighted by Crippen LogP contribution is 2.28. The lowest BCUT2D eigenvalue weighted by molar-refractivity contribution is -0.0350. The zero-order chi connectivity index (χ0) is 10.6. The highest BCUT2D eigenvalue weighted by Gasteiger charge is 2.24. The molecule has 0 radical (unpaired) electrons. The Morgan fingerprint density at radius 1 is 1.29 bits per heavy atom. The van der Waals surface area contributed by atoms with E-state index in [0.717, 1.165) is 18.3 Å². The molecule has 0 heterocycles. The van der Waals surface area contributed by atoms with Gasteiger partial charge in [0.15, 0.2) is 0 Å². The van der Waals surface area contributed by atoms with Gasteiger partial charge >= 0.3 is 0 Å². The van der Waals surface area contributed by atoms with E-state index < -0.39 is 0 Å². The van der Waals surface area contributed by atoms with Crippen molar-refractivity contribution in [3.8, 4) is 0 Å². The Bertz CT molecular complexity index is 168. The number of hydrogen-bond acceptors (Lipinski definition) is 2. The molecular weight excluding hydrogens is 192 g/mol. The molecule has 1 aliphatic rings. The van der Waals surface area contributed by atoms with Crippen LogP contribution in [0.5, 0.6) is 0 Å². The highest BCUT2D eigenvalue weighted by molar-refractivity contribution is 7.80. The molecule has 14 heavy (non-hydrogen) atoms. The summed E-state index contributed by atoms with van der Waals surface area (Å²) in [4.78, 5) is 0. The summed E-state index contributed by atoms with van der Waals surface area (Å²) in [6.45, 7) is 7.60. The van der Waals surface area contributed by atoms with Crippen LogP contribution in [0.1, 0.15) is 46.5 Å². The summed E-state index contributed by atoms with van der Waals surface area (Å²) in [5.74, 6) is 1.65. The summed E-state index contributed by atoms with van der Waals surface area (Å²) in [6, 6.07) is 0. The zero-order valence-electron chi connectivity index (χ0n) is 9.75. The van der Waals surface area contributed by atoms with E-state index in [0.29, 0.717) is 6.10 Å². The van der Waals surface area contributed by atoms with Gasteiger partial charge in [-0.25, -0.2) is 0 Å². The number of thiol groups is 1. The van der Waals surface area contributed by atoms with Crippen molar-refractivity contribution in [2.45, 2.75) is 52.6 Å². The zero-order valence-corrected chi connectivity index (χ0v) is 10.6. The van der Waals surface area contributed by atoms with Gasteiger partial charge in [0.1, 0.15) is 0 Å². The first-order valence-corrected chi connectivity index (χ1v) is 6.41. The molecule has 0 aliphatic heterocycles. The van der Waals surface area contributed by atoms with Gasteiger partial charge in [-0.2, -0.15) is 12.6 Å².